The Labute approximate surface area is 86.2 Å². The van der Waals surface area contributed by atoms with Gasteiger partial charge < -0.3 is 4.89 Å². The van der Waals surface area contributed by atoms with E-state index >= 15 is 0 Å². The molecule has 1 unspecified atom stereocenters. The Morgan fingerprint density at radius 1 is 1.27 bits per heavy atom. The van der Waals surface area contributed by atoms with Crippen LogP contribution in [0.1, 0.15) is 32.1 Å². The number of hydrogen-bond donors (Lipinski definition) is 1. The van der Waals surface area contributed by atoms with Gasteiger partial charge in [0.1, 0.15) is 0 Å². The van der Waals surface area contributed by atoms with Crippen LogP contribution in [0.15, 0.2) is 0 Å². The molecule has 0 aromatic carbocycles. The van der Waals surface area contributed by atoms with Crippen molar-refractivity contribution in [2.45, 2.75) is 43.9 Å². The van der Waals surface area contributed by atoms with Gasteiger partial charge in [-0.3, -0.25) is 9.09 Å². The second-order valence-electron chi connectivity index (χ2n) is 3.74. The monoisotopic (exact) mass is 246 g/mol. The molecule has 1 N–H and O–H groups in total. The van der Waals surface area contributed by atoms with E-state index in [0.717, 1.165) is 19.3 Å². The summed E-state index contributed by atoms with van der Waals surface area (Å²) in [4.78, 5) is 9.34. The van der Waals surface area contributed by atoms with Crippen LogP contribution in [-0.4, -0.2) is 23.3 Å². The molecule has 1 rings (SSSR count). The van der Waals surface area contributed by atoms with E-state index in [2.05, 4.69) is 4.52 Å². The highest BCUT2D eigenvalue weighted by atomic mass is 31.2. The third-order valence-corrected chi connectivity index (χ3v) is 4.39. The van der Waals surface area contributed by atoms with Gasteiger partial charge in [-0.2, -0.15) is 13.2 Å². The zero-order chi connectivity index (χ0) is 11.5. The van der Waals surface area contributed by atoms with E-state index in [1.165, 1.54) is 0 Å². The summed E-state index contributed by atoms with van der Waals surface area (Å²) in [6, 6.07) is 0. The summed E-state index contributed by atoms with van der Waals surface area (Å²) in [7, 11) is -4.08. The Balaban J connectivity index is 2.46. The van der Waals surface area contributed by atoms with Gasteiger partial charge in [-0.25, -0.2) is 0 Å². The Morgan fingerprint density at radius 3 is 2.27 bits per heavy atom. The third-order valence-electron chi connectivity index (χ3n) is 2.45. The van der Waals surface area contributed by atoms with Crippen molar-refractivity contribution in [2.24, 2.45) is 0 Å². The van der Waals surface area contributed by atoms with E-state index in [9.17, 15) is 22.6 Å². The second kappa shape index (κ2) is 4.85. The van der Waals surface area contributed by atoms with Crippen LogP contribution in [0.5, 0.6) is 0 Å². The quantitative estimate of drug-likeness (QED) is 0.778. The second-order valence-corrected chi connectivity index (χ2v) is 5.86. The van der Waals surface area contributed by atoms with Gasteiger partial charge >= 0.3 is 13.8 Å². The van der Waals surface area contributed by atoms with E-state index < -0.39 is 26.0 Å². The SMILES string of the molecule is O=P(O)(OCC(F)(F)F)C1CCCCC1. The molecular formula is C8H14F3O3P. The number of alkyl halides is 3. The Bertz CT molecular complexity index is 248. The van der Waals surface area contributed by atoms with Crippen LogP contribution >= 0.6 is 7.60 Å². The molecule has 15 heavy (non-hydrogen) atoms. The molecule has 0 bridgehead atoms. The normalized spacial score (nSPS) is 23.7. The van der Waals surface area contributed by atoms with E-state index in [-0.39, 0.29) is 0 Å². The zero-order valence-electron chi connectivity index (χ0n) is 8.16. The summed E-state index contributed by atoms with van der Waals surface area (Å²) in [6.45, 7) is -1.64. The van der Waals surface area contributed by atoms with Gasteiger partial charge in [-0.05, 0) is 12.8 Å². The first-order valence-electron chi connectivity index (χ1n) is 4.85. The van der Waals surface area contributed by atoms with Crippen LogP contribution in [0.3, 0.4) is 0 Å². The fourth-order valence-corrected chi connectivity index (χ4v) is 3.24. The molecule has 7 heteroatoms. The zero-order valence-corrected chi connectivity index (χ0v) is 9.06. The molecule has 0 radical (unpaired) electrons. The molecule has 1 aliphatic carbocycles. The fourth-order valence-electron chi connectivity index (χ4n) is 1.68. The maximum atomic E-state index is 11.8. The molecule has 0 aliphatic heterocycles. The molecule has 0 amide bonds. The predicted molar refractivity (Wildman–Crippen MR) is 48.7 cm³/mol. The maximum absolute atomic E-state index is 11.8. The van der Waals surface area contributed by atoms with Crippen molar-refractivity contribution in [2.75, 3.05) is 6.61 Å². The van der Waals surface area contributed by atoms with Crippen LogP contribution in [-0.2, 0) is 9.09 Å². The highest BCUT2D eigenvalue weighted by Gasteiger charge is 2.38. The molecule has 0 heterocycles. The van der Waals surface area contributed by atoms with Gasteiger partial charge in [-0.1, -0.05) is 19.3 Å². The van der Waals surface area contributed by atoms with Crippen LogP contribution in [0.25, 0.3) is 0 Å². The van der Waals surface area contributed by atoms with E-state index in [1.807, 2.05) is 0 Å². The molecule has 1 saturated carbocycles. The third kappa shape index (κ3) is 4.53. The topological polar surface area (TPSA) is 46.5 Å². The summed E-state index contributed by atoms with van der Waals surface area (Å²) in [5, 5.41) is 0. The first-order chi connectivity index (χ1) is 6.81. The molecule has 90 valence electrons. The minimum absolute atomic E-state index is 0.478. The molecule has 0 aromatic rings. The summed E-state index contributed by atoms with van der Waals surface area (Å²) >= 11 is 0. The number of halogens is 3. The lowest BCUT2D eigenvalue weighted by molar-refractivity contribution is -0.155. The lowest BCUT2D eigenvalue weighted by Crippen LogP contribution is -2.20. The molecule has 0 aromatic heterocycles. The first-order valence-corrected chi connectivity index (χ1v) is 6.50. The first kappa shape index (κ1) is 13.0. The average molecular weight is 246 g/mol. The van der Waals surface area contributed by atoms with Gasteiger partial charge in [0, 0.05) is 0 Å². The van der Waals surface area contributed by atoms with Crippen LogP contribution in [0.2, 0.25) is 0 Å². The van der Waals surface area contributed by atoms with Gasteiger partial charge in [0.15, 0.2) is 6.61 Å². The van der Waals surface area contributed by atoms with Crippen molar-refractivity contribution < 1.29 is 27.2 Å². The average Bonchev–Trinajstić information content (AvgIpc) is 2.16. The Morgan fingerprint density at radius 2 is 1.80 bits per heavy atom. The molecule has 1 aliphatic rings. The van der Waals surface area contributed by atoms with Gasteiger partial charge in [0.2, 0.25) is 0 Å². The minimum atomic E-state index is -4.55. The van der Waals surface area contributed by atoms with Crippen molar-refractivity contribution >= 4 is 7.60 Å². The van der Waals surface area contributed by atoms with E-state index in [4.69, 9.17) is 0 Å². The van der Waals surface area contributed by atoms with Gasteiger partial charge in [0.25, 0.3) is 0 Å². The molecule has 0 spiro atoms. The minimum Gasteiger partial charge on any atom is -0.324 e. The number of hydrogen-bond acceptors (Lipinski definition) is 2. The van der Waals surface area contributed by atoms with Crippen LogP contribution < -0.4 is 0 Å². The van der Waals surface area contributed by atoms with Gasteiger partial charge in [-0.15, -0.1) is 0 Å². The van der Waals surface area contributed by atoms with Crippen molar-refractivity contribution in [1.29, 1.82) is 0 Å². The predicted octanol–water partition coefficient (Wildman–Crippen LogP) is 3.08. The van der Waals surface area contributed by atoms with E-state index in [1.54, 1.807) is 0 Å². The van der Waals surface area contributed by atoms with Crippen molar-refractivity contribution in [3.05, 3.63) is 0 Å². The smallest absolute Gasteiger partial charge is 0.324 e. The molecule has 0 saturated heterocycles. The molecule has 3 nitrogen and oxygen atoms in total. The van der Waals surface area contributed by atoms with Crippen molar-refractivity contribution in [3.63, 3.8) is 0 Å². The van der Waals surface area contributed by atoms with Crippen LogP contribution in [0.4, 0.5) is 13.2 Å². The molecule has 1 atom stereocenters. The lowest BCUT2D eigenvalue weighted by atomic mass is 10.0. The summed E-state index contributed by atoms with van der Waals surface area (Å²) in [5.41, 5.74) is -0.617. The lowest BCUT2D eigenvalue weighted by Gasteiger charge is -2.26. The molecular weight excluding hydrogens is 232 g/mol. The standard InChI is InChI=1S/C8H14F3O3P/c9-8(10,11)6-14-15(12,13)7-4-2-1-3-5-7/h7H,1-6H2,(H,12,13). The number of rotatable bonds is 3. The van der Waals surface area contributed by atoms with Crippen LogP contribution in [0, 0.1) is 0 Å². The maximum Gasteiger partial charge on any atom is 0.412 e. The highest BCUT2D eigenvalue weighted by Crippen LogP contribution is 2.53. The summed E-state index contributed by atoms with van der Waals surface area (Å²) in [6.07, 6.45) is -1.06. The fraction of sp³-hybridized carbons (Fsp3) is 1.00. The summed E-state index contributed by atoms with van der Waals surface area (Å²) < 4.78 is 51.0. The van der Waals surface area contributed by atoms with E-state index in [0.29, 0.717) is 12.8 Å². The Hall–Kier alpha value is -0.0600. The highest BCUT2D eigenvalue weighted by molar-refractivity contribution is 7.53. The van der Waals surface area contributed by atoms with Gasteiger partial charge in [0.05, 0.1) is 5.66 Å². The Kier molecular flexibility index (Phi) is 4.20. The largest absolute Gasteiger partial charge is 0.412 e. The van der Waals surface area contributed by atoms with Crippen molar-refractivity contribution in [3.8, 4) is 0 Å². The molecule has 1 fully saturated rings. The van der Waals surface area contributed by atoms with Crippen molar-refractivity contribution in [1.82, 2.24) is 0 Å². The summed E-state index contributed by atoms with van der Waals surface area (Å²) in [5.74, 6) is 0.